The molecule has 1 aromatic heterocycles. The summed E-state index contributed by atoms with van der Waals surface area (Å²) in [5.74, 6) is 0. The Morgan fingerprint density at radius 1 is 1.08 bits per heavy atom. The van der Waals surface area contributed by atoms with E-state index in [1.807, 2.05) is 44.2 Å². The van der Waals surface area contributed by atoms with Gasteiger partial charge in [0.25, 0.3) is 0 Å². The Morgan fingerprint density at radius 3 is 2.69 bits per heavy atom. The van der Waals surface area contributed by atoms with E-state index in [4.69, 9.17) is 0 Å². The summed E-state index contributed by atoms with van der Waals surface area (Å²) < 4.78 is 2.06. The van der Waals surface area contributed by atoms with E-state index in [0.29, 0.717) is 6.54 Å². The maximum Gasteiger partial charge on any atom is 0.319 e. The second-order valence-corrected chi connectivity index (χ2v) is 6.57. The summed E-state index contributed by atoms with van der Waals surface area (Å²) in [6.45, 7) is 7.24. The number of carbonyl (C=O) groups excluding carboxylic acids is 1. The molecule has 0 aliphatic rings. The minimum Gasteiger partial charge on any atom is -0.332 e. The molecule has 0 fully saturated rings. The van der Waals surface area contributed by atoms with Gasteiger partial charge in [-0.25, -0.2) is 9.78 Å². The van der Waals surface area contributed by atoms with E-state index in [9.17, 15) is 4.79 Å². The van der Waals surface area contributed by atoms with E-state index in [0.717, 1.165) is 29.1 Å². The summed E-state index contributed by atoms with van der Waals surface area (Å²) in [6.07, 6.45) is 3.59. The largest absolute Gasteiger partial charge is 0.332 e. The normalized spacial score (nSPS) is 10.6. The van der Waals surface area contributed by atoms with Crippen LogP contribution < -0.4 is 10.6 Å². The number of amides is 2. The molecule has 0 saturated carbocycles. The van der Waals surface area contributed by atoms with Crippen molar-refractivity contribution in [3.05, 3.63) is 82.9 Å². The number of hydrogen-bond donors (Lipinski definition) is 2. The van der Waals surface area contributed by atoms with Crippen molar-refractivity contribution in [1.29, 1.82) is 0 Å². The van der Waals surface area contributed by atoms with Crippen molar-refractivity contribution in [1.82, 2.24) is 14.9 Å². The molecule has 0 unspecified atom stereocenters. The van der Waals surface area contributed by atoms with Gasteiger partial charge in [0.15, 0.2) is 0 Å². The summed E-state index contributed by atoms with van der Waals surface area (Å²) in [5, 5.41) is 5.82. The van der Waals surface area contributed by atoms with Crippen LogP contribution in [0, 0.1) is 20.8 Å². The Labute approximate surface area is 154 Å². The summed E-state index contributed by atoms with van der Waals surface area (Å²) in [5.41, 5.74) is 6.43. The van der Waals surface area contributed by atoms with Gasteiger partial charge in [0, 0.05) is 18.4 Å². The summed E-state index contributed by atoms with van der Waals surface area (Å²) in [4.78, 5) is 16.5. The molecular weight excluding hydrogens is 324 g/mol. The van der Waals surface area contributed by atoms with E-state index in [1.54, 1.807) is 12.5 Å². The Morgan fingerprint density at radius 2 is 1.88 bits per heavy atom. The van der Waals surface area contributed by atoms with Crippen LogP contribution in [-0.4, -0.2) is 15.6 Å². The number of aryl methyl sites for hydroxylation is 3. The highest BCUT2D eigenvalue weighted by Gasteiger charge is 2.08. The fourth-order valence-electron chi connectivity index (χ4n) is 2.82. The zero-order chi connectivity index (χ0) is 18.5. The molecule has 1 heterocycles. The number of hydrogen-bond acceptors (Lipinski definition) is 2. The van der Waals surface area contributed by atoms with Crippen molar-refractivity contribution in [3.8, 4) is 0 Å². The van der Waals surface area contributed by atoms with E-state index < -0.39 is 0 Å². The Balaban J connectivity index is 1.62. The zero-order valence-electron chi connectivity index (χ0n) is 15.4. The van der Waals surface area contributed by atoms with Crippen molar-refractivity contribution >= 4 is 11.7 Å². The second-order valence-electron chi connectivity index (χ2n) is 6.57. The number of urea groups is 1. The molecule has 0 spiro atoms. The quantitative estimate of drug-likeness (QED) is 0.727. The van der Waals surface area contributed by atoms with Gasteiger partial charge in [-0.1, -0.05) is 36.4 Å². The van der Waals surface area contributed by atoms with Gasteiger partial charge in [-0.3, -0.25) is 0 Å². The fourth-order valence-corrected chi connectivity index (χ4v) is 2.82. The maximum atomic E-state index is 12.2. The average Bonchev–Trinajstić information content (AvgIpc) is 3.05. The van der Waals surface area contributed by atoms with Gasteiger partial charge in [-0.2, -0.15) is 0 Å². The molecule has 2 N–H and O–H groups in total. The van der Waals surface area contributed by atoms with E-state index in [2.05, 4.69) is 39.2 Å². The van der Waals surface area contributed by atoms with Crippen LogP contribution in [0.25, 0.3) is 0 Å². The molecule has 0 bridgehead atoms. The Hall–Kier alpha value is -3.08. The fraction of sp³-hybridized carbons (Fsp3) is 0.238. The first-order chi connectivity index (χ1) is 12.5. The minimum atomic E-state index is -0.220. The van der Waals surface area contributed by atoms with Gasteiger partial charge in [0.05, 0.1) is 18.6 Å². The average molecular weight is 348 g/mol. The number of rotatable bonds is 5. The molecular formula is C21H24N4O. The van der Waals surface area contributed by atoms with Gasteiger partial charge >= 0.3 is 6.03 Å². The van der Waals surface area contributed by atoms with Crippen LogP contribution in [0.15, 0.2) is 55.0 Å². The number of carbonyl (C=O) groups is 1. The SMILES string of the molecule is Cc1ccc(C)c(NC(=O)NCc2cncn2Cc2ccccc2C)c1. The highest BCUT2D eigenvalue weighted by Crippen LogP contribution is 2.16. The molecule has 0 aliphatic carbocycles. The van der Waals surface area contributed by atoms with Gasteiger partial charge in [0.2, 0.25) is 0 Å². The van der Waals surface area contributed by atoms with Gasteiger partial charge in [-0.15, -0.1) is 0 Å². The van der Waals surface area contributed by atoms with Crippen molar-refractivity contribution in [2.75, 3.05) is 5.32 Å². The lowest BCUT2D eigenvalue weighted by atomic mass is 10.1. The number of anilines is 1. The summed E-state index contributed by atoms with van der Waals surface area (Å²) in [7, 11) is 0. The lowest BCUT2D eigenvalue weighted by molar-refractivity contribution is 0.251. The number of nitrogens with one attached hydrogen (secondary N) is 2. The standard InChI is InChI=1S/C21H24N4O/c1-15-8-9-17(3)20(10-15)24-21(26)23-12-19-11-22-14-25(19)13-18-7-5-4-6-16(18)2/h4-11,14H,12-13H2,1-3H3,(H2,23,24,26). The molecule has 134 valence electrons. The lowest BCUT2D eigenvalue weighted by Crippen LogP contribution is -2.29. The molecule has 5 nitrogen and oxygen atoms in total. The molecule has 3 rings (SSSR count). The smallest absolute Gasteiger partial charge is 0.319 e. The first-order valence-electron chi connectivity index (χ1n) is 8.68. The predicted molar refractivity (Wildman–Crippen MR) is 104 cm³/mol. The number of imidazole rings is 1. The predicted octanol–water partition coefficient (Wildman–Crippen LogP) is 4.18. The third-order valence-electron chi connectivity index (χ3n) is 4.47. The van der Waals surface area contributed by atoms with Crippen LogP contribution in [0.3, 0.4) is 0 Å². The molecule has 0 aliphatic heterocycles. The van der Waals surface area contributed by atoms with Crippen LogP contribution in [0.4, 0.5) is 10.5 Å². The topological polar surface area (TPSA) is 59.0 Å². The summed E-state index contributed by atoms with van der Waals surface area (Å²) >= 11 is 0. The van der Waals surface area contributed by atoms with Gasteiger partial charge in [0.1, 0.15) is 0 Å². The molecule has 2 amide bonds. The molecule has 0 radical (unpaired) electrons. The number of benzene rings is 2. The molecule has 0 saturated heterocycles. The minimum absolute atomic E-state index is 0.220. The van der Waals surface area contributed by atoms with Gasteiger partial charge < -0.3 is 15.2 Å². The van der Waals surface area contributed by atoms with Crippen LogP contribution >= 0.6 is 0 Å². The van der Waals surface area contributed by atoms with Gasteiger partial charge in [-0.05, 0) is 49.1 Å². The monoisotopic (exact) mass is 348 g/mol. The Bertz CT molecular complexity index is 914. The van der Waals surface area contributed by atoms with Crippen LogP contribution in [-0.2, 0) is 13.1 Å². The van der Waals surface area contributed by atoms with Crippen LogP contribution in [0.5, 0.6) is 0 Å². The van der Waals surface area contributed by atoms with Crippen molar-refractivity contribution < 1.29 is 4.79 Å². The molecule has 2 aromatic carbocycles. The highest BCUT2D eigenvalue weighted by molar-refractivity contribution is 5.90. The first-order valence-corrected chi connectivity index (χ1v) is 8.68. The van der Waals surface area contributed by atoms with Crippen molar-refractivity contribution in [3.63, 3.8) is 0 Å². The van der Waals surface area contributed by atoms with Crippen molar-refractivity contribution in [2.24, 2.45) is 0 Å². The molecule has 3 aromatic rings. The molecule has 5 heteroatoms. The van der Waals surface area contributed by atoms with E-state index in [1.165, 1.54) is 11.1 Å². The highest BCUT2D eigenvalue weighted by atomic mass is 16.2. The second kappa shape index (κ2) is 7.87. The van der Waals surface area contributed by atoms with E-state index >= 15 is 0 Å². The number of nitrogens with zero attached hydrogens (tertiary/aromatic N) is 2. The lowest BCUT2D eigenvalue weighted by Gasteiger charge is -2.13. The first kappa shape index (κ1) is 17.7. The van der Waals surface area contributed by atoms with Crippen LogP contribution in [0.2, 0.25) is 0 Å². The molecule has 0 atom stereocenters. The third-order valence-corrected chi connectivity index (χ3v) is 4.47. The zero-order valence-corrected chi connectivity index (χ0v) is 15.4. The number of aromatic nitrogens is 2. The van der Waals surface area contributed by atoms with Crippen LogP contribution in [0.1, 0.15) is 27.9 Å². The molecule has 26 heavy (non-hydrogen) atoms. The summed E-state index contributed by atoms with van der Waals surface area (Å²) in [6, 6.07) is 14.1. The third kappa shape index (κ3) is 4.30. The Kier molecular flexibility index (Phi) is 5.37. The maximum absolute atomic E-state index is 12.2. The van der Waals surface area contributed by atoms with Crippen molar-refractivity contribution in [2.45, 2.75) is 33.9 Å². The van der Waals surface area contributed by atoms with E-state index in [-0.39, 0.29) is 6.03 Å².